The fraction of sp³-hybridized carbons (Fsp3) is 0.312. The highest BCUT2D eigenvalue weighted by molar-refractivity contribution is 7.19. The van der Waals surface area contributed by atoms with E-state index in [1.807, 2.05) is 25.1 Å². The van der Waals surface area contributed by atoms with Crippen LogP contribution in [0.15, 0.2) is 28.9 Å². The van der Waals surface area contributed by atoms with E-state index < -0.39 is 0 Å². The van der Waals surface area contributed by atoms with Gasteiger partial charge in [-0.25, -0.2) is 4.98 Å². The minimum atomic E-state index is -0.267. The van der Waals surface area contributed by atoms with Crippen LogP contribution in [-0.2, 0) is 13.0 Å². The Morgan fingerprint density at radius 1 is 1.52 bits per heavy atom. The number of nitrogens with two attached hydrogens (primary N) is 1. The highest BCUT2D eigenvalue weighted by Crippen LogP contribution is 2.37. The van der Waals surface area contributed by atoms with Gasteiger partial charge in [-0.2, -0.15) is 0 Å². The lowest BCUT2D eigenvalue weighted by Crippen LogP contribution is -2.26. The fourth-order valence-corrected chi connectivity index (χ4v) is 3.94. The number of nitrogens with zero attached hydrogens (tertiary/aromatic N) is 1. The third-order valence-electron chi connectivity index (χ3n) is 3.66. The molecule has 23 heavy (non-hydrogen) atoms. The number of pyridine rings is 1. The van der Waals surface area contributed by atoms with Crippen LogP contribution in [0.1, 0.15) is 16.2 Å². The van der Waals surface area contributed by atoms with E-state index in [1.165, 1.54) is 0 Å². The Labute approximate surface area is 143 Å². The quantitative estimate of drug-likeness (QED) is 0.593. The van der Waals surface area contributed by atoms with Gasteiger partial charge < -0.3 is 20.6 Å². The largest absolute Gasteiger partial charge is 0.467 e. The summed E-state index contributed by atoms with van der Waals surface area (Å²) < 4.78 is 6.38. The molecule has 5 nitrogen and oxygen atoms in total. The second-order valence-corrected chi connectivity index (χ2v) is 6.89. The van der Waals surface area contributed by atoms with E-state index in [4.69, 9.17) is 21.8 Å². The molecule has 0 radical (unpaired) electrons. The van der Waals surface area contributed by atoms with Crippen LogP contribution >= 0.6 is 22.9 Å². The van der Waals surface area contributed by atoms with Crippen molar-refractivity contribution in [3.05, 3.63) is 45.8 Å². The van der Waals surface area contributed by atoms with Crippen molar-refractivity contribution in [1.29, 1.82) is 0 Å². The van der Waals surface area contributed by atoms with Crippen molar-refractivity contribution < 1.29 is 9.52 Å². The molecule has 122 valence electrons. The van der Waals surface area contributed by atoms with Gasteiger partial charge in [0.2, 0.25) is 0 Å². The van der Waals surface area contributed by atoms with E-state index in [2.05, 4.69) is 10.3 Å². The number of aliphatic hydroxyl groups excluding tert-OH is 1. The van der Waals surface area contributed by atoms with Crippen LogP contribution in [0.4, 0.5) is 5.69 Å². The first-order valence-electron chi connectivity index (χ1n) is 7.29. The molecule has 0 aliphatic carbocycles. The van der Waals surface area contributed by atoms with Gasteiger partial charge in [0.25, 0.3) is 0 Å². The number of rotatable bonds is 6. The standard InChI is InChI=1S/C16H18ClN3O2S/c1-9-13(5-10(18)8-21)23-16-12(6-14(17)20-15(9)16)19-7-11-3-2-4-22-11/h2-4,6,10,21H,5,7-8,18H2,1H3,(H,19,20)/t10-/m1/s1. The van der Waals surface area contributed by atoms with E-state index >= 15 is 0 Å². The SMILES string of the molecule is Cc1c(C[C@@H](N)CO)sc2c(NCc3ccco3)cc(Cl)nc12. The normalized spacial score (nSPS) is 12.7. The summed E-state index contributed by atoms with van der Waals surface area (Å²) in [4.78, 5) is 5.57. The first-order chi connectivity index (χ1) is 11.1. The van der Waals surface area contributed by atoms with Crippen LogP contribution in [0.3, 0.4) is 0 Å². The number of aromatic nitrogens is 1. The van der Waals surface area contributed by atoms with Crippen LogP contribution in [0, 0.1) is 6.92 Å². The van der Waals surface area contributed by atoms with Crippen molar-refractivity contribution in [2.75, 3.05) is 11.9 Å². The van der Waals surface area contributed by atoms with Gasteiger partial charge in [-0.3, -0.25) is 0 Å². The first-order valence-corrected chi connectivity index (χ1v) is 8.49. The predicted molar refractivity (Wildman–Crippen MR) is 94.2 cm³/mol. The topological polar surface area (TPSA) is 84.3 Å². The summed E-state index contributed by atoms with van der Waals surface area (Å²) in [6.07, 6.45) is 2.27. The molecule has 0 aromatic carbocycles. The van der Waals surface area contributed by atoms with E-state index in [1.54, 1.807) is 17.6 Å². The third kappa shape index (κ3) is 3.50. The molecule has 4 N–H and O–H groups in total. The number of hydrogen-bond acceptors (Lipinski definition) is 6. The molecular weight excluding hydrogens is 334 g/mol. The van der Waals surface area contributed by atoms with Gasteiger partial charge >= 0.3 is 0 Å². The summed E-state index contributed by atoms with van der Waals surface area (Å²) >= 11 is 7.80. The lowest BCUT2D eigenvalue weighted by atomic mass is 10.1. The number of halogens is 1. The van der Waals surface area contributed by atoms with Crippen LogP contribution < -0.4 is 11.1 Å². The minimum absolute atomic E-state index is 0.0362. The average Bonchev–Trinajstić information content (AvgIpc) is 3.15. The van der Waals surface area contributed by atoms with Crippen molar-refractivity contribution >= 4 is 38.8 Å². The summed E-state index contributed by atoms with van der Waals surface area (Å²) in [7, 11) is 0. The molecule has 3 rings (SSSR count). The lowest BCUT2D eigenvalue weighted by Gasteiger charge is -2.06. The number of thiophene rings is 1. The lowest BCUT2D eigenvalue weighted by molar-refractivity contribution is 0.265. The molecule has 0 unspecified atom stereocenters. The van der Waals surface area contributed by atoms with Crippen LogP contribution in [0.2, 0.25) is 5.15 Å². The van der Waals surface area contributed by atoms with Crippen LogP contribution in [-0.4, -0.2) is 22.7 Å². The number of fused-ring (bicyclic) bond motifs is 1. The number of hydrogen-bond donors (Lipinski definition) is 3. The molecule has 0 bridgehead atoms. The number of nitrogens with one attached hydrogen (secondary N) is 1. The second kappa shape index (κ2) is 6.88. The molecule has 1 atom stereocenters. The fourth-order valence-electron chi connectivity index (χ4n) is 2.42. The molecule has 0 spiro atoms. The Bertz CT molecular complexity index is 801. The zero-order valence-corrected chi connectivity index (χ0v) is 14.2. The van der Waals surface area contributed by atoms with E-state index in [0.29, 0.717) is 18.1 Å². The molecule has 0 aliphatic rings. The van der Waals surface area contributed by atoms with Crippen molar-refractivity contribution in [1.82, 2.24) is 4.98 Å². The summed E-state index contributed by atoms with van der Waals surface area (Å²) in [5.74, 6) is 0.849. The van der Waals surface area contributed by atoms with E-state index in [0.717, 1.165) is 32.1 Å². The van der Waals surface area contributed by atoms with Gasteiger partial charge in [-0.15, -0.1) is 11.3 Å². The number of aryl methyl sites for hydroxylation is 1. The Kier molecular flexibility index (Phi) is 4.87. The molecule has 3 aromatic rings. The first kappa shape index (κ1) is 16.3. The van der Waals surface area contributed by atoms with Gasteiger partial charge in [0.05, 0.1) is 35.3 Å². The Hall–Kier alpha value is -1.60. The van der Waals surface area contributed by atoms with E-state index in [-0.39, 0.29) is 12.6 Å². The third-order valence-corrected chi connectivity index (χ3v) is 5.19. The van der Waals surface area contributed by atoms with Gasteiger partial charge in [-0.05, 0) is 31.0 Å². The smallest absolute Gasteiger partial charge is 0.131 e. The zero-order valence-electron chi connectivity index (χ0n) is 12.7. The molecule has 7 heteroatoms. The Balaban J connectivity index is 1.95. The molecule has 0 fully saturated rings. The monoisotopic (exact) mass is 351 g/mol. The van der Waals surface area contributed by atoms with Crippen molar-refractivity contribution in [2.45, 2.75) is 25.9 Å². The molecular formula is C16H18ClN3O2S. The van der Waals surface area contributed by atoms with Gasteiger partial charge in [0.15, 0.2) is 0 Å². The highest BCUT2D eigenvalue weighted by atomic mass is 35.5. The predicted octanol–water partition coefficient (Wildman–Crippen LogP) is 3.33. The van der Waals surface area contributed by atoms with Crippen molar-refractivity contribution in [3.63, 3.8) is 0 Å². The molecule has 0 aliphatic heterocycles. The maximum Gasteiger partial charge on any atom is 0.131 e. The number of anilines is 1. The van der Waals surface area contributed by atoms with Crippen molar-refractivity contribution in [2.24, 2.45) is 5.73 Å². The molecule has 3 heterocycles. The Morgan fingerprint density at radius 3 is 3.04 bits per heavy atom. The second-order valence-electron chi connectivity index (χ2n) is 5.40. The average molecular weight is 352 g/mol. The van der Waals surface area contributed by atoms with E-state index in [9.17, 15) is 5.11 Å². The minimum Gasteiger partial charge on any atom is -0.467 e. The van der Waals surface area contributed by atoms with Gasteiger partial charge in [0.1, 0.15) is 10.9 Å². The molecule has 0 amide bonds. The summed E-state index contributed by atoms with van der Waals surface area (Å²) in [5, 5.41) is 13.0. The summed E-state index contributed by atoms with van der Waals surface area (Å²) in [6.45, 7) is 2.55. The maximum absolute atomic E-state index is 9.17. The van der Waals surface area contributed by atoms with Crippen LogP contribution in [0.25, 0.3) is 10.2 Å². The summed E-state index contributed by atoms with van der Waals surface area (Å²) in [6, 6.07) is 5.32. The summed E-state index contributed by atoms with van der Waals surface area (Å²) in [5.41, 5.74) is 8.74. The number of furan rings is 1. The molecule has 3 aromatic heterocycles. The Morgan fingerprint density at radius 2 is 2.35 bits per heavy atom. The van der Waals surface area contributed by atoms with Crippen LogP contribution in [0.5, 0.6) is 0 Å². The van der Waals surface area contributed by atoms with Gasteiger partial charge in [0, 0.05) is 17.0 Å². The van der Waals surface area contributed by atoms with Gasteiger partial charge in [-0.1, -0.05) is 11.6 Å². The van der Waals surface area contributed by atoms with Crippen molar-refractivity contribution in [3.8, 4) is 0 Å². The molecule has 0 saturated heterocycles. The number of aliphatic hydroxyl groups is 1. The zero-order chi connectivity index (χ0) is 16.4. The maximum atomic E-state index is 9.17. The molecule has 0 saturated carbocycles. The highest BCUT2D eigenvalue weighted by Gasteiger charge is 2.16.